The average Bonchev–Trinajstić information content (AvgIpc) is 2.64. The van der Waals surface area contributed by atoms with Crippen molar-refractivity contribution in [3.05, 3.63) is 29.6 Å². The molecule has 1 aliphatic rings. The first-order valence-corrected chi connectivity index (χ1v) is 9.43. The number of anilines is 1. The van der Waals surface area contributed by atoms with Crippen LogP contribution in [0.4, 0.5) is 28.0 Å². The molecule has 2 amide bonds. The van der Waals surface area contributed by atoms with E-state index in [1.165, 1.54) is 4.90 Å². The predicted molar refractivity (Wildman–Crippen MR) is 100 cm³/mol. The van der Waals surface area contributed by atoms with E-state index < -0.39 is 47.6 Å². The zero-order chi connectivity index (χ0) is 22.7. The molecule has 1 saturated heterocycles. The fourth-order valence-electron chi connectivity index (χ4n) is 3.15. The number of amides is 2. The molecule has 2 rings (SSSR count). The molecule has 1 aromatic carbocycles. The van der Waals surface area contributed by atoms with Gasteiger partial charge in [0.1, 0.15) is 17.7 Å². The third kappa shape index (κ3) is 5.93. The molecule has 30 heavy (non-hydrogen) atoms. The van der Waals surface area contributed by atoms with E-state index in [0.29, 0.717) is 18.4 Å². The maximum Gasteiger partial charge on any atom is 0.419 e. The molecule has 166 valence electrons. The van der Waals surface area contributed by atoms with Gasteiger partial charge in [-0.3, -0.25) is 4.79 Å². The number of hydrogen-bond donors (Lipinski definition) is 0. The lowest BCUT2D eigenvalue weighted by Crippen LogP contribution is -2.46. The molecule has 6 nitrogen and oxygen atoms in total. The molecule has 0 bridgehead atoms. The van der Waals surface area contributed by atoms with Gasteiger partial charge in [-0.2, -0.15) is 13.2 Å². The van der Waals surface area contributed by atoms with E-state index in [-0.39, 0.29) is 31.6 Å². The summed E-state index contributed by atoms with van der Waals surface area (Å²) in [5.74, 6) is -2.61. The van der Waals surface area contributed by atoms with E-state index >= 15 is 0 Å². The molecule has 0 radical (unpaired) electrons. The summed E-state index contributed by atoms with van der Waals surface area (Å²) >= 11 is 0. The van der Waals surface area contributed by atoms with Crippen molar-refractivity contribution in [2.24, 2.45) is 5.92 Å². The van der Waals surface area contributed by atoms with Crippen molar-refractivity contribution in [2.75, 3.05) is 24.5 Å². The first kappa shape index (κ1) is 23.6. The number of aldehydes is 1. The zero-order valence-corrected chi connectivity index (χ0v) is 17.0. The van der Waals surface area contributed by atoms with Gasteiger partial charge in [0.05, 0.1) is 12.1 Å². The number of hydrogen-bond acceptors (Lipinski definition) is 4. The van der Waals surface area contributed by atoms with Crippen LogP contribution in [0.2, 0.25) is 0 Å². The smallest absolute Gasteiger partial charge is 0.419 e. The molecule has 1 aliphatic heterocycles. The molecule has 0 N–H and O–H groups in total. The van der Waals surface area contributed by atoms with Crippen LogP contribution in [0.1, 0.15) is 39.2 Å². The minimum absolute atomic E-state index is 0.213. The monoisotopic (exact) mass is 432 g/mol. The second-order valence-electron chi connectivity index (χ2n) is 8.02. The van der Waals surface area contributed by atoms with Crippen molar-refractivity contribution in [2.45, 2.75) is 45.4 Å². The van der Waals surface area contributed by atoms with Gasteiger partial charge in [-0.15, -0.1) is 0 Å². The Hall–Kier alpha value is -2.65. The fourth-order valence-corrected chi connectivity index (χ4v) is 3.15. The third-order valence-electron chi connectivity index (χ3n) is 4.59. The number of ether oxygens (including phenoxy) is 1. The minimum Gasteiger partial charge on any atom is -0.444 e. The number of nitrogens with zero attached hydrogens (tertiary/aromatic N) is 2. The highest BCUT2D eigenvalue weighted by molar-refractivity contribution is 5.97. The Morgan fingerprint density at radius 1 is 1.20 bits per heavy atom. The van der Waals surface area contributed by atoms with Gasteiger partial charge in [-0.25, -0.2) is 9.18 Å². The van der Waals surface area contributed by atoms with Gasteiger partial charge in [0.2, 0.25) is 5.91 Å². The summed E-state index contributed by atoms with van der Waals surface area (Å²) < 4.78 is 57.9. The van der Waals surface area contributed by atoms with E-state index in [1.54, 1.807) is 20.8 Å². The summed E-state index contributed by atoms with van der Waals surface area (Å²) in [7, 11) is 0. The summed E-state index contributed by atoms with van der Waals surface area (Å²) in [5.41, 5.74) is -2.39. The molecular formula is C20H24F4N2O4. The van der Waals surface area contributed by atoms with Gasteiger partial charge in [0, 0.05) is 24.7 Å². The van der Waals surface area contributed by atoms with Crippen molar-refractivity contribution >= 4 is 24.0 Å². The first-order valence-electron chi connectivity index (χ1n) is 9.43. The number of carbonyl (C=O) groups excluding carboxylic acids is 3. The predicted octanol–water partition coefficient (Wildman–Crippen LogP) is 4.02. The van der Waals surface area contributed by atoms with Gasteiger partial charge in [0.15, 0.2) is 0 Å². The Morgan fingerprint density at radius 3 is 2.30 bits per heavy atom. The van der Waals surface area contributed by atoms with Crippen LogP contribution < -0.4 is 4.90 Å². The lowest BCUT2D eigenvalue weighted by atomic mass is 9.95. The minimum atomic E-state index is -4.94. The van der Waals surface area contributed by atoms with Crippen LogP contribution in [0.5, 0.6) is 0 Å². The summed E-state index contributed by atoms with van der Waals surface area (Å²) in [4.78, 5) is 38.4. The topological polar surface area (TPSA) is 66.9 Å². The maximum absolute atomic E-state index is 13.6. The number of alkyl halides is 3. The number of carbonyl (C=O) groups is 3. The van der Waals surface area contributed by atoms with Gasteiger partial charge >= 0.3 is 12.3 Å². The number of piperidine rings is 1. The van der Waals surface area contributed by atoms with Crippen molar-refractivity contribution in [3.8, 4) is 0 Å². The van der Waals surface area contributed by atoms with Crippen LogP contribution >= 0.6 is 0 Å². The second kappa shape index (κ2) is 9.01. The van der Waals surface area contributed by atoms with Gasteiger partial charge < -0.3 is 19.3 Å². The Bertz CT molecular complexity index is 797. The molecule has 10 heteroatoms. The highest BCUT2D eigenvalue weighted by Crippen LogP contribution is 2.34. The fraction of sp³-hybridized carbons (Fsp3) is 0.550. The van der Waals surface area contributed by atoms with E-state index in [9.17, 15) is 31.9 Å². The number of rotatable bonds is 4. The standard InChI is InChI=1S/C20H24F4N2O4/c1-19(2,3)30-18(29)25-8-6-13(7-9-25)17(28)26(10-11-27)14-4-5-16(21)15(12-14)20(22,23)24/h4-5,11-13H,6-10H2,1-3H3. The van der Waals surface area contributed by atoms with Crippen LogP contribution in [0, 0.1) is 11.7 Å². The third-order valence-corrected chi connectivity index (χ3v) is 4.59. The largest absolute Gasteiger partial charge is 0.444 e. The van der Waals surface area contributed by atoms with E-state index in [4.69, 9.17) is 4.74 Å². The maximum atomic E-state index is 13.6. The molecular weight excluding hydrogens is 408 g/mol. The average molecular weight is 432 g/mol. The van der Waals surface area contributed by atoms with Crippen LogP contribution in [0.15, 0.2) is 18.2 Å². The van der Waals surface area contributed by atoms with Crippen LogP contribution in [-0.2, 0) is 20.5 Å². The molecule has 0 aliphatic carbocycles. The van der Waals surface area contributed by atoms with Crippen LogP contribution in [0.3, 0.4) is 0 Å². The molecule has 0 saturated carbocycles. The Morgan fingerprint density at radius 2 is 1.80 bits per heavy atom. The zero-order valence-electron chi connectivity index (χ0n) is 17.0. The second-order valence-corrected chi connectivity index (χ2v) is 8.02. The number of likely N-dealkylation sites (tertiary alicyclic amines) is 1. The van der Waals surface area contributed by atoms with E-state index in [1.807, 2.05) is 0 Å². The van der Waals surface area contributed by atoms with E-state index in [0.717, 1.165) is 11.0 Å². The molecule has 0 aromatic heterocycles. The van der Waals surface area contributed by atoms with Crippen molar-refractivity contribution in [1.82, 2.24) is 4.90 Å². The summed E-state index contributed by atoms with van der Waals surface area (Å²) in [5, 5.41) is 0. The molecule has 1 heterocycles. The first-order chi connectivity index (χ1) is 13.8. The van der Waals surface area contributed by atoms with Gasteiger partial charge in [-0.05, 0) is 51.8 Å². The molecule has 1 aromatic rings. The van der Waals surface area contributed by atoms with Gasteiger partial charge in [-0.1, -0.05) is 0 Å². The van der Waals surface area contributed by atoms with Crippen molar-refractivity contribution in [1.29, 1.82) is 0 Å². The van der Waals surface area contributed by atoms with Gasteiger partial charge in [0.25, 0.3) is 0 Å². The molecule has 0 atom stereocenters. The highest BCUT2D eigenvalue weighted by Gasteiger charge is 2.36. The lowest BCUT2D eigenvalue weighted by Gasteiger charge is -2.34. The Labute approximate surface area is 171 Å². The van der Waals surface area contributed by atoms with Crippen LogP contribution in [-0.4, -0.2) is 48.4 Å². The number of halogens is 4. The Kier molecular flexibility index (Phi) is 7.10. The lowest BCUT2D eigenvalue weighted by molar-refractivity contribution is -0.140. The normalized spacial score (nSPS) is 15.6. The van der Waals surface area contributed by atoms with Crippen molar-refractivity contribution < 1.29 is 36.7 Å². The quantitative estimate of drug-likeness (QED) is 0.532. The van der Waals surface area contributed by atoms with E-state index in [2.05, 4.69) is 0 Å². The highest BCUT2D eigenvalue weighted by atomic mass is 19.4. The molecule has 0 unspecified atom stereocenters. The molecule has 1 fully saturated rings. The van der Waals surface area contributed by atoms with Crippen LogP contribution in [0.25, 0.3) is 0 Å². The summed E-state index contributed by atoms with van der Waals surface area (Å²) in [6, 6.07) is 2.17. The summed E-state index contributed by atoms with van der Waals surface area (Å²) in [6.45, 7) is 5.20. The number of benzene rings is 1. The SMILES string of the molecule is CC(C)(C)OC(=O)N1CCC(C(=O)N(CC=O)c2ccc(F)c(C(F)(F)F)c2)CC1. The van der Waals surface area contributed by atoms with Crippen molar-refractivity contribution in [3.63, 3.8) is 0 Å². The molecule has 0 spiro atoms. The Balaban J connectivity index is 2.14. The summed E-state index contributed by atoms with van der Waals surface area (Å²) in [6.07, 6.45) is -4.52.